The topological polar surface area (TPSA) is 84.6 Å². The molecule has 1 N–H and O–H groups in total. The van der Waals surface area contributed by atoms with Gasteiger partial charge in [0.25, 0.3) is 5.69 Å². The lowest BCUT2D eigenvalue weighted by Gasteiger charge is -1.95. The normalized spacial score (nSPS) is 14.9. The van der Waals surface area contributed by atoms with Crippen LogP contribution in [0.4, 0.5) is 5.69 Å². The van der Waals surface area contributed by atoms with E-state index < -0.39 is 4.92 Å². The van der Waals surface area contributed by atoms with Crippen LogP contribution in [0.1, 0.15) is 18.4 Å². The molecule has 0 aromatic heterocycles. The minimum absolute atomic E-state index is 0.0363. The second kappa shape index (κ2) is 5.90. The summed E-state index contributed by atoms with van der Waals surface area (Å²) in [4.78, 5) is 21.6. The fourth-order valence-corrected chi connectivity index (χ4v) is 1.52. The molecule has 2 rings (SSSR count). The van der Waals surface area contributed by atoms with Gasteiger partial charge >= 0.3 is 0 Å². The van der Waals surface area contributed by atoms with Gasteiger partial charge in [-0.05, 0) is 31.1 Å². The van der Waals surface area contributed by atoms with Crippen molar-refractivity contribution in [3.05, 3.63) is 46.0 Å². The van der Waals surface area contributed by atoms with Gasteiger partial charge in [-0.3, -0.25) is 14.9 Å². The lowest BCUT2D eigenvalue weighted by atomic mass is 10.2. The summed E-state index contributed by atoms with van der Waals surface area (Å²) in [5.41, 5.74) is 2.94. The molecule has 0 radical (unpaired) electrons. The largest absolute Gasteiger partial charge is 0.276 e. The number of allylic oxidation sites excluding steroid dienone is 1. The number of rotatable bonds is 5. The third-order valence-corrected chi connectivity index (χ3v) is 2.69. The summed E-state index contributed by atoms with van der Waals surface area (Å²) in [6, 6.07) is 6.41. The Bertz CT molecular complexity index is 548. The van der Waals surface area contributed by atoms with Gasteiger partial charge in [-0.2, -0.15) is 5.10 Å². The van der Waals surface area contributed by atoms with Crippen molar-refractivity contribution in [1.82, 2.24) is 5.43 Å². The molecule has 0 spiro atoms. The van der Waals surface area contributed by atoms with Gasteiger partial charge in [0.05, 0.1) is 10.5 Å². The molecule has 1 amide bonds. The average molecular weight is 259 g/mol. The number of hydrazone groups is 1. The molecule has 1 aliphatic rings. The highest BCUT2D eigenvalue weighted by Crippen LogP contribution is 2.28. The number of hydrogen-bond donors (Lipinski definition) is 1. The molecule has 98 valence electrons. The monoisotopic (exact) mass is 259 g/mol. The molecule has 1 aromatic carbocycles. The lowest BCUT2D eigenvalue weighted by Crippen LogP contribution is -2.18. The number of nitrogens with zero attached hydrogens (tertiary/aromatic N) is 2. The Morgan fingerprint density at radius 1 is 1.42 bits per heavy atom. The molecular weight excluding hydrogens is 246 g/mol. The quantitative estimate of drug-likeness (QED) is 0.499. The van der Waals surface area contributed by atoms with Crippen molar-refractivity contribution in [3.63, 3.8) is 0 Å². The molecule has 6 nitrogen and oxygen atoms in total. The van der Waals surface area contributed by atoms with Gasteiger partial charge in [0.15, 0.2) is 0 Å². The average Bonchev–Trinajstić information content (AvgIpc) is 3.22. The highest BCUT2D eigenvalue weighted by Gasteiger charge is 2.29. The van der Waals surface area contributed by atoms with Crippen LogP contribution in [0.5, 0.6) is 0 Å². The van der Waals surface area contributed by atoms with E-state index in [2.05, 4.69) is 10.5 Å². The Hall–Kier alpha value is -2.50. The molecule has 0 unspecified atom stereocenters. The van der Waals surface area contributed by atoms with Crippen molar-refractivity contribution in [2.75, 3.05) is 0 Å². The Morgan fingerprint density at radius 3 is 2.84 bits per heavy atom. The number of carbonyl (C=O) groups excluding carboxylic acids is 1. The summed E-state index contributed by atoms with van der Waals surface area (Å²) in [6.45, 7) is 0. The third kappa shape index (κ3) is 3.74. The van der Waals surface area contributed by atoms with Gasteiger partial charge in [0.2, 0.25) is 5.91 Å². The predicted octanol–water partition coefficient (Wildman–Crippen LogP) is 2.12. The summed E-state index contributed by atoms with van der Waals surface area (Å²) in [6.07, 6.45) is 6.37. The minimum Gasteiger partial charge on any atom is -0.273 e. The second-order valence-electron chi connectivity index (χ2n) is 4.20. The smallest absolute Gasteiger partial charge is 0.273 e. The molecular formula is C13H13N3O3. The number of carbonyl (C=O) groups is 1. The van der Waals surface area contributed by atoms with Crippen molar-refractivity contribution in [2.45, 2.75) is 12.8 Å². The van der Waals surface area contributed by atoms with Crippen molar-refractivity contribution >= 4 is 23.9 Å². The van der Waals surface area contributed by atoms with Crippen molar-refractivity contribution in [2.24, 2.45) is 11.0 Å². The minimum atomic E-state index is -0.439. The molecule has 6 heteroatoms. The van der Waals surface area contributed by atoms with E-state index in [4.69, 9.17) is 0 Å². The molecule has 1 fully saturated rings. The molecule has 0 atom stereocenters. The Balaban J connectivity index is 1.93. The van der Waals surface area contributed by atoms with E-state index in [9.17, 15) is 14.9 Å². The molecule has 0 bridgehead atoms. The Morgan fingerprint density at radius 2 is 2.16 bits per heavy atom. The van der Waals surface area contributed by atoms with E-state index in [-0.39, 0.29) is 17.5 Å². The van der Waals surface area contributed by atoms with E-state index in [1.165, 1.54) is 12.3 Å². The second-order valence-corrected chi connectivity index (χ2v) is 4.20. The summed E-state index contributed by atoms with van der Waals surface area (Å²) >= 11 is 0. The SMILES string of the molecule is O=C(N/N=C/C=C/c1ccccc1[N+](=O)[O-])C1CC1. The van der Waals surface area contributed by atoms with Crippen molar-refractivity contribution < 1.29 is 9.72 Å². The first-order valence-corrected chi connectivity index (χ1v) is 5.91. The highest BCUT2D eigenvalue weighted by molar-refractivity contribution is 5.84. The first kappa shape index (κ1) is 12.9. The van der Waals surface area contributed by atoms with E-state index >= 15 is 0 Å². The molecule has 1 saturated carbocycles. The van der Waals surface area contributed by atoms with Gasteiger partial charge in [-0.1, -0.05) is 12.1 Å². The summed E-state index contributed by atoms with van der Waals surface area (Å²) in [7, 11) is 0. The van der Waals surface area contributed by atoms with Gasteiger partial charge in [0.1, 0.15) is 0 Å². The molecule has 0 aliphatic heterocycles. The number of benzene rings is 1. The van der Waals surface area contributed by atoms with Gasteiger partial charge in [0, 0.05) is 18.2 Å². The maximum atomic E-state index is 11.2. The van der Waals surface area contributed by atoms with Crippen molar-refractivity contribution in [1.29, 1.82) is 0 Å². The van der Waals surface area contributed by atoms with E-state index in [1.54, 1.807) is 30.4 Å². The Labute approximate surface area is 110 Å². The third-order valence-electron chi connectivity index (χ3n) is 2.69. The van der Waals surface area contributed by atoms with Crippen LogP contribution in [0.3, 0.4) is 0 Å². The number of nitro benzene ring substituents is 1. The van der Waals surface area contributed by atoms with E-state index in [0.717, 1.165) is 12.8 Å². The molecule has 19 heavy (non-hydrogen) atoms. The number of nitro groups is 1. The number of amides is 1. The molecule has 0 saturated heterocycles. The van der Waals surface area contributed by atoms with Crippen molar-refractivity contribution in [3.8, 4) is 0 Å². The first-order chi connectivity index (χ1) is 9.18. The maximum absolute atomic E-state index is 11.2. The molecule has 0 heterocycles. The van der Waals surface area contributed by atoms with E-state index in [0.29, 0.717) is 5.56 Å². The summed E-state index contributed by atoms with van der Waals surface area (Å²) in [5, 5.41) is 14.5. The van der Waals surface area contributed by atoms with Gasteiger partial charge in [-0.15, -0.1) is 0 Å². The van der Waals surface area contributed by atoms with Crippen LogP contribution < -0.4 is 5.43 Å². The zero-order chi connectivity index (χ0) is 13.7. The number of para-hydroxylation sites is 1. The maximum Gasteiger partial charge on any atom is 0.276 e. The number of nitrogens with one attached hydrogen (secondary N) is 1. The molecule has 1 aromatic rings. The van der Waals surface area contributed by atoms with E-state index in [1.807, 2.05) is 0 Å². The van der Waals surface area contributed by atoms with Gasteiger partial charge < -0.3 is 0 Å². The fraction of sp³-hybridized carbons (Fsp3) is 0.231. The van der Waals surface area contributed by atoms with Crippen LogP contribution in [-0.4, -0.2) is 17.0 Å². The standard InChI is InChI=1S/C13H13N3O3/c17-13(11-7-8-11)15-14-9-3-5-10-4-1-2-6-12(10)16(18)19/h1-6,9,11H,7-8H2,(H,15,17)/b5-3+,14-9+. The van der Waals surface area contributed by atoms with Gasteiger partial charge in [-0.25, -0.2) is 5.43 Å². The Kier molecular flexibility index (Phi) is 4.02. The zero-order valence-corrected chi connectivity index (χ0v) is 10.2. The van der Waals surface area contributed by atoms with Crippen LogP contribution in [0.2, 0.25) is 0 Å². The van der Waals surface area contributed by atoms with Crippen LogP contribution in [-0.2, 0) is 4.79 Å². The predicted molar refractivity (Wildman–Crippen MR) is 71.5 cm³/mol. The highest BCUT2D eigenvalue weighted by atomic mass is 16.6. The van der Waals surface area contributed by atoms with Crippen LogP contribution in [0, 0.1) is 16.0 Å². The van der Waals surface area contributed by atoms with Crippen LogP contribution in [0.25, 0.3) is 6.08 Å². The zero-order valence-electron chi connectivity index (χ0n) is 10.2. The summed E-state index contributed by atoms with van der Waals surface area (Å²) in [5.74, 6) is 0.0340. The summed E-state index contributed by atoms with van der Waals surface area (Å²) < 4.78 is 0. The van der Waals surface area contributed by atoms with Crippen LogP contribution in [0.15, 0.2) is 35.4 Å². The molecule has 1 aliphatic carbocycles. The number of hydrogen-bond acceptors (Lipinski definition) is 4. The fourth-order valence-electron chi connectivity index (χ4n) is 1.52. The first-order valence-electron chi connectivity index (χ1n) is 5.91. The van der Waals surface area contributed by atoms with Crippen LogP contribution >= 0.6 is 0 Å². The lowest BCUT2D eigenvalue weighted by molar-refractivity contribution is -0.385.